The normalized spacial score (nSPS) is 10.5. The van der Waals surface area contributed by atoms with Crippen LogP contribution in [-0.4, -0.2) is 38.5 Å². The topological polar surface area (TPSA) is 118 Å². The van der Waals surface area contributed by atoms with Crippen molar-refractivity contribution >= 4 is 41.8 Å². The number of primary amides is 1. The summed E-state index contributed by atoms with van der Waals surface area (Å²) in [6.07, 6.45) is 0. The average molecular weight is 511 g/mol. The molecule has 2 rings (SSSR count). The SMILES string of the molecule is CN=C(NCc1ccc(C(=O)NCC(N)=O)cc1)NCc1cccc(OC)c1.I. The summed E-state index contributed by atoms with van der Waals surface area (Å²) in [4.78, 5) is 26.8. The summed E-state index contributed by atoms with van der Waals surface area (Å²) in [5.41, 5.74) is 7.54. The van der Waals surface area contributed by atoms with Gasteiger partial charge in [0, 0.05) is 25.7 Å². The van der Waals surface area contributed by atoms with Crippen LogP contribution < -0.4 is 26.4 Å². The number of guanidine groups is 1. The lowest BCUT2D eigenvalue weighted by Gasteiger charge is -2.13. The van der Waals surface area contributed by atoms with Gasteiger partial charge in [0.05, 0.1) is 13.7 Å². The molecule has 5 N–H and O–H groups in total. The fourth-order valence-corrected chi connectivity index (χ4v) is 2.42. The Morgan fingerprint density at radius 2 is 1.66 bits per heavy atom. The van der Waals surface area contributed by atoms with Crippen molar-refractivity contribution in [3.8, 4) is 5.75 Å². The third kappa shape index (κ3) is 8.38. The maximum atomic E-state index is 11.9. The molecular formula is C20H26IN5O3. The molecule has 2 amide bonds. The first-order valence-electron chi connectivity index (χ1n) is 8.74. The molecule has 2 aromatic rings. The molecule has 0 radical (unpaired) electrons. The molecule has 0 aliphatic heterocycles. The number of carbonyl (C=O) groups is 2. The van der Waals surface area contributed by atoms with Crippen LogP contribution in [0.2, 0.25) is 0 Å². The number of hydrogen-bond donors (Lipinski definition) is 4. The number of nitrogens with zero attached hydrogens (tertiary/aromatic N) is 1. The molecule has 0 aromatic heterocycles. The largest absolute Gasteiger partial charge is 0.497 e. The molecule has 0 saturated heterocycles. The van der Waals surface area contributed by atoms with Gasteiger partial charge in [0.2, 0.25) is 5.91 Å². The third-order valence-corrected chi connectivity index (χ3v) is 3.92. The number of rotatable bonds is 8. The molecule has 0 saturated carbocycles. The lowest BCUT2D eigenvalue weighted by atomic mass is 10.1. The second-order valence-corrected chi connectivity index (χ2v) is 5.98. The predicted octanol–water partition coefficient (Wildman–Crippen LogP) is 1.39. The molecule has 2 aromatic carbocycles. The molecule has 0 heterocycles. The van der Waals surface area contributed by atoms with Gasteiger partial charge in [-0.1, -0.05) is 24.3 Å². The first-order chi connectivity index (χ1) is 13.5. The van der Waals surface area contributed by atoms with Gasteiger partial charge >= 0.3 is 0 Å². The quantitative estimate of drug-likeness (QED) is 0.243. The number of nitrogens with one attached hydrogen (secondary N) is 3. The minimum absolute atomic E-state index is 0. The highest BCUT2D eigenvalue weighted by Crippen LogP contribution is 2.12. The van der Waals surface area contributed by atoms with E-state index in [1.807, 2.05) is 36.4 Å². The van der Waals surface area contributed by atoms with E-state index in [1.54, 1.807) is 26.3 Å². The van der Waals surface area contributed by atoms with E-state index in [1.165, 1.54) is 0 Å². The fraction of sp³-hybridized carbons (Fsp3) is 0.250. The maximum Gasteiger partial charge on any atom is 0.251 e. The van der Waals surface area contributed by atoms with Crippen LogP contribution in [0.3, 0.4) is 0 Å². The zero-order valence-electron chi connectivity index (χ0n) is 16.4. The van der Waals surface area contributed by atoms with Gasteiger partial charge in [-0.05, 0) is 35.4 Å². The van der Waals surface area contributed by atoms with Crippen molar-refractivity contribution in [1.82, 2.24) is 16.0 Å². The van der Waals surface area contributed by atoms with Crippen LogP contribution in [0.4, 0.5) is 0 Å². The predicted molar refractivity (Wildman–Crippen MR) is 123 cm³/mol. The Morgan fingerprint density at radius 1 is 1.00 bits per heavy atom. The number of ether oxygens (including phenoxy) is 1. The molecule has 0 aliphatic rings. The van der Waals surface area contributed by atoms with E-state index in [9.17, 15) is 9.59 Å². The summed E-state index contributed by atoms with van der Waals surface area (Å²) in [5.74, 6) is 0.546. The lowest BCUT2D eigenvalue weighted by molar-refractivity contribution is -0.117. The van der Waals surface area contributed by atoms with E-state index in [2.05, 4.69) is 20.9 Å². The Bertz CT molecular complexity index is 840. The number of benzene rings is 2. The van der Waals surface area contributed by atoms with E-state index < -0.39 is 5.91 Å². The van der Waals surface area contributed by atoms with Crippen LogP contribution in [0.5, 0.6) is 5.75 Å². The van der Waals surface area contributed by atoms with E-state index >= 15 is 0 Å². The van der Waals surface area contributed by atoms with E-state index in [0.29, 0.717) is 24.6 Å². The van der Waals surface area contributed by atoms with E-state index in [-0.39, 0.29) is 36.4 Å². The molecule has 0 spiro atoms. The molecule has 0 atom stereocenters. The summed E-state index contributed by atoms with van der Waals surface area (Å²) in [6, 6.07) is 14.9. The van der Waals surface area contributed by atoms with Gasteiger partial charge < -0.3 is 26.4 Å². The van der Waals surface area contributed by atoms with Crippen molar-refractivity contribution in [2.75, 3.05) is 20.7 Å². The molecule has 29 heavy (non-hydrogen) atoms. The van der Waals surface area contributed by atoms with Gasteiger partial charge in [0.15, 0.2) is 5.96 Å². The highest BCUT2D eigenvalue weighted by molar-refractivity contribution is 14.0. The van der Waals surface area contributed by atoms with Gasteiger partial charge in [-0.15, -0.1) is 24.0 Å². The van der Waals surface area contributed by atoms with Crippen molar-refractivity contribution in [2.24, 2.45) is 10.7 Å². The summed E-state index contributed by atoms with van der Waals surface area (Å²) in [7, 11) is 3.34. The van der Waals surface area contributed by atoms with Crippen LogP contribution in [0.1, 0.15) is 21.5 Å². The number of nitrogens with two attached hydrogens (primary N) is 1. The van der Waals surface area contributed by atoms with Gasteiger partial charge in [0.1, 0.15) is 5.75 Å². The molecule has 8 nitrogen and oxygen atoms in total. The third-order valence-electron chi connectivity index (χ3n) is 3.92. The number of amides is 2. The molecule has 0 unspecified atom stereocenters. The maximum absolute atomic E-state index is 11.9. The Kier molecular flexibility index (Phi) is 10.5. The van der Waals surface area contributed by atoms with E-state index in [4.69, 9.17) is 10.5 Å². The summed E-state index contributed by atoms with van der Waals surface area (Å²) >= 11 is 0. The van der Waals surface area contributed by atoms with Gasteiger partial charge in [-0.2, -0.15) is 0 Å². The zero-order valence-corrected chi connectivity index (χ0v) is 18.7. The molecule has 0 bridgehead atoms. The highest BCUT2D eigenvalue weighted by Gasteiger charge is 2.06. The van der Waals surface area contributed by atoms with Crippen LogP contribution in [0, 0.1) is 0 Å². The molecule has 0 aliphatic carbocycles. The fourth-order valence-electron chi connectivity index (χ4n) is 2.42. The monoisotopic (exact) mass is 511 g/mol. The number of carbonyl (C=O) groups excluding carboxylic acids is 2. The number of methoxy groups -OCH3 is 1. The van der Waals surface area contributed by atoms with Crippen LogP contribution >= 0.6 is 24.0 Å². The molecule has 156 valence electrons. The van der Waals surface area contributed by atoms with Crippen molar-refractivity contribution in [3.05, 3.63) is 65.2 Å². The lowest BCUT2D eigenvalue weighted by Crippen LogP contribution is -2.36. The molecular weight excluding hydrogens is 485 g/mol. The van der Waals surface area contributed by atoms with Gasteiger partial charge in [-0.25, -0.2) is 0 Å². The van der Waals surface area contributed by atoms with Gasteiger partial charge in [-0.3, -0.25) is 14.6 Å². The molecule has 0 fully saturated rings. The molecule has 9 heteroatoms. The van der Waals surface area contributed by atoms with E-state index in [0.717, 1.165) is 16.9 Å². The Morgan fingerprint density at radius 3 is 2.24 bits per heavy atom. The number of hydrogen-bond acceptors (Lipinski definition) is 4. The van der Waals surface area contributed by atoms with Gasteiger partial charge in [0.25, 0.3) is 5.91 Å². The Balaban J connectivity index is 0.00000420. The summed E-state index contributed by atoms with van der Waals surface area (Å²) in [6.45, 7) is 0.967. The Hall–Kier alpha value is -2.82. The first kappa shape index (κ1) is 24.2. The number of aliphatic imine (C=N–C) groups is 1. The van der Waals surface area contributed by atoms with Crippen molar-refractivity contribution in [1.29, 1.82) is 0 Å². The first-order valence-corrected chi connectivity index (χ1v) is 8.74. The summed E-state index contributed by atoms with van der Waals surface area (Å²) in [5, 5.41) is 8.91. The average Bonchev–Trinajstić information content (AvgIpc) is 2.72. The summed E-state index contributed by atoms with van der Waals surface area (Å²) < 4.78 is 5.22. The minimum Gasteiger partial charge on any atom is -0.497 e. The minimum atomic E-state index is -0.581. The second-order valence-electron chi connectivity index (χ2n) is 5.98. The Labute approximate surface area is 187 Å². The standard InChI is InChI=1S/C20H25N5O3.HI/c1-22-20(25-12-15-4-3-5-17(10-15)28-2)24-11-14-6-8-16(9-7-14)19(27)23-13-18(21)26;/h3-10H,11-13H2,1-2H3,(H2,21,26)(H,23,27)(H2,22,24,25);1H. The number of halogens is 1. The second kappa shape index (κ2) is 12.6. The van der Waals surface area contributed by atoms with Crippen molar-refractivity contribution < 1.29 is 14.3 Å². The van der Waals surface area contributed by atoms with Crippen molar-refractivity contribution in [3.63, 3.8) is 0 Å². The van der Waals surface area contributed by atoms with Crippen LogP contribution in [0.15, 0.2) is 53.5 Å². The van der Waals surface area contributed by atoms with Crippen molar-refractivity contribution in [2.45, 2.75) is 13.1 Å². The van der Waals surface area contributed by atoms with Crippen LogP contribution in [-0.2, 0) is 17.9 Å². The zero-order chi connectivity index (χ0) is 20.4. The highest BCUT2D eigenvalue weighted by atomic mass is 127. The van der Waals surface area contributed by atoms with Crippen LogP contribution in [0.25, 0.3) is 0 Å². The smallest absolute Gasteiger partial charge is 0.251 e.